The van der Waals surface area contributed by atoms with Crippen molar-refractivity contribution in [2.45, 2.75) is 33.3 Å². The summed E-state index contributed by atoms with van der Waals surface area (Å²) in [6, 6.07) is 9.85. The highest BCUT2D eigenvalue weighted by Crippen LogP contribution is 2.27. The predicted octanol–water partition coefficient (Wildman–Crippen LogP) is 4.44. The molecule has 0 fully saturated rings. The molecule has 2 heterocycles. The molecule has 0 bridgehead atoms. The van der Waals surface area contributed by atoms with Crippen LogP contribution in [0.25, 0.3) is 11.8 Å². The second-order valence-electron chi connectivity index (χ2n) is 6.56. The number of thiazole rings is 1. The molecule has 132 valence electrons. The molecule has 0 atom stereocenters. The van der Waals surface area contributed by atoms with Crippen molar-refractivity contribution in [2.75, 3.05) is 0 Å². The zero-order valence-electron chi connectivity index (χ0n) is 14.9. The summed E-state index contributed by atoms with van der Waals surface area (Å²) in [5.74, 6) is 0.573. The van der Waals surface area contributed by atoms with Gasteiger partial charge in [0.15, 0.2) is 0 Å². The van der Waals surface area contributed by atoms with Crippen molar-refractivity contribution < 1.29 is 4.74 Å². The molecule has 4 rings (SSSR count). The summed E-state index contributed by atoms with van der Waals surface area (Å²) in [5, 5.41) is 2.99. The van der Waals surface area contributed by atoms with E-state index in [0.29, 0.717) is 12.4 Å². The van der Waals surface area contributed by atoms with E-state index in [1.165, 1.54) is 16.7 Å². The Morgan fingerprint density at radius 1 is 1.19 bits per heavy atom. The fourth-order valence-corrected chi connectivity index (χ4v) is 3.81. The molecule has 0 saturated carbocycles. The molecular formula is C21H20N2O2S. The smallest absolute Gasteiger partial charge is 0.258 e. The molecule has 0 saturated heterocycles. The first-order valence-corrected chi connectivity index (χ1v) is 9.53. The van der Waals surface area contributed by atoms with E-state index in [2.05, 4.69) is 36.2 Å². The van der Waals surface area contributed by atoms with Gasteiger partial charge in [-0.1, -0.05) is 23.8 Å². The van der Waals surface area contributed by atoms with Crippen molar-refractivity contribution in [3.63, 3.8) is 0 Å². The van der Waals surface area contributed by atoms with Crippen molar-refractivity contribution in [1.82, 2.24) is 9.55 Å². The summed E-state index contributed by atoms with van der Waals surface area (Å²) >= 11 is 1.59. The highest BCUT2D eigenvalue weighted by molar-refractivity contribution is 7.09. The fraction of sp³-hybridized carbons (Fsp3) is 0.238. The molecule has 0 N–H and O–H groups in total. The van der Waals surface area contributed by atoms with Gasteiger partial charge in [-0.2, -0.15) is 0 Å². The minimum Gasteiger partial charge on any atom is -0.487 e. The SMILES string of the molecule is Cc1ccc2c(c1)CCC(n1ccc(OCc3csc(C)n3)cc1=O)=C2. The number of hydrogen-bond acceptors (Lipinski definition) is 4. The molecule has 2 aromatic heterocycles. The maximum Gasteiger partial charge on any atom is 0.258 e. The van der Waals surface area contributed by atoms with E-state index in [4.69, 9.17) is 4.74 Å². The highest BCUT2D eigenvalue weighted by atomic mass is 32.1. The molecule has 1 aliphatic rings. The van der Waals surface area contributed by atoms with Gasteiger partial charge in [0.1, 0.15) is 12.4 Å². The molecule has 26 heavy (non-hydrogen) atoms. The molecule has 0 amide bonds. The monoisotopic (exact) mass is 364 g/mol. The van der Waals surface area contributed by atoms with Crippen LogP contribution in [0.5, 0.6) is 5.75 Å². The number of fused-ring (bicyclic) bond motifs is 1. The number of ether oxygens (including phenoxy) is 1. The van der Waals surface area contributed by atoms with Gasteiger partial charge in [-0.15, -0.1) is 11.3 Å². The van der Waals surface area contributed by atoms with E-state index >= 15 is 0 Å². The molecule has 0 aliphatic heterocycles. The van der Waals surface area contributed by atoms with Gasteiger partial charge in [0, 0.05) is 23.3 Å². The average Bonchev–Trinajstić information content (AvgIpc) is 3.05. The predicted molar refractivity (Wildman–Crippen MR) is 106 cm³/mol. The average molecular weight is 364 g/mol. The van der Waals surface area contributed by atoms with Gasteiger partial charge in [0.25, 0.3) is 5.56 Å². The maximum atomic E-state index is 12.5. The maximum absolute atomic E-state index is 12.5. The van der Waals surface area contributed by atoms with E-state index in [-0.39, 0.29) is 5.56 Å². The molecule has 4 nitrogen and oxygen atoms in total. The van der Waals surface area contributed by atoms with Crippen LogP contribution >= 0.6 is 11.3 Å². The lowest BCUT2D eigenvalue weighted by Crippen LogP contribution is -2.19. The first-order chi connectivity index (χ1) is 12.6. The highest BCUT2D eigenvalue weighted by Gasteiger charge is 2.13. The van der Waals surface area contributed by atoms with E-state index in [0.717, 1.165) is 29.2 Å². The van der Waals surface area contributed by atoms with Crippen LogP contribution in [0.1, 0.15) is 33.8 Å². The number of hydrogen-bond donors (Lipinski definition) is 0. The Hall–Kier alpha value is -2.66. The summed E-state index contributed by atoms with van der Waals surface area (Å²) in [5.41, 5.74) is 5.66. The lowest BCUT2D eigenvalue weighted by molar-refractivity contribution is 0.301. The number of rotatable bonds is 4. The lowest BCUT2D eigenvalue weighted by Gasteiger charge is -2.18. The standard InChI is InChI=1S/C21H20N2O2S/c1-14-3-4-17-10-19(6-5-16(17)9-14)23-8-7-20(11-21(23)24)25-12-18-13-26-15(2)22-18/h3-4,7-11,13H,5-6,12H2,1-2H3. The second kappa shape index (κ2) is 6.92. The quantitative estimate of drug-likeness (QED) is 0.687. The van der Waals surface area contributed by atoms with Gasteiger partial charge in [-0.3, -0.25) is 9.36 Å². The Labute approximate surface area is 156 Å². The number of nitrogens with zero attached hydrogens (tertiary/aromatic N) is 2. The number of allylic oxidation sites excluding steroid dienone is 1. The third-order valence-electron chi connectivity index (χ3n) is 4.52. The number of aryl methyl sites for hydroxylation is 3. The van der Waals surface area contributed by atoms with Crippen LogP contribution < -0.4 is 10.3 Å². The Balaban J connectivity index is 1.54. The second-order valence-corrected chi connectivity index (χ2v) is 7.62. The van der Waals surface area contributed by atoms with E-state index < -0.39 is 0 Å². The Bertz CT molecular complexity index is 1050. The third kappa shape index (κ3) is 3.48. The zero-order valence-corrected chi connectivity index (χ0v) is 15.7. The number of pyridine rings is 1. The third-order valence-corrected chi connectivity index (χ3v) is 5.35. The van der Waals surface area contributed by atoms with Crippen LogP contribution in [0, 0.1) is 13.8 Å². The first-order valence-electron chi connectivity index (χ1n) is 8.65. The van der Waals surface area contributed by atoms with Gasteiger partial charge in [-0.05, 0) is 50.0 Å². The molecule has 5 heteroatoms. The van der Waals surface area contributed by atoms with Crippen LogP contribution in [-0.4, -0.2) is 9.55 Å². The molecule has 0 spiro atoms. The molecular weight excluding hydrogens is 344 g/mol. The zero-order chi connectivity index (χ0) is 18.1. The normalized spacial score (nSPS) is 13.2. The molecule has 1 aliphatic carbocycles. The van der Waals surface area contributed by atoms with Gasteiger partial charge in [0.2, 0.25) is 0 Å². The van der Waals surface area contributed by atoms with Crippen molar-refractivity contribution in [3.05, 3.63) is 79.7 Å². The fourth-order valence-electron chi connectivity index (χ4n) is 3.22. The molecule has 1 aromatic carbocycles. The van der Waals surface area contributed by atoms with Crippen molar-refractivity contribution >= 4 is 23.1 Å². The minimum atomic E-state index is -0.0706. The van der Waals surface area contributed by atoms with Crippen molar-refractivity contribution in [3.8, 4) is 5.75 Å². The lowest BCUT2D eigenvalue weighted by atomic mass is 9.94. The topological polar surface area (TPSA) is 44.1 Å². The van der Waals surface area contributed by atoms with Gasteiger partial charge >= 0.3 is 0 Å². The van der Waals surface area contributed by atoms with E-state index in [1.807, 2.05) is 18.4 Å². The number of aromatic nitrogens is 2. The molecule has 0 unspecified atom stereocenters. The Kier molecular flexibility index (Phi) is 4.47. The summed E-state index contributed by atoms with van der Waals surface area (Å²) in [6.07, 6.45) is 5.72. The van der Waals surface area contributed by atoms with Gasteiger partial charge < -0.3 is 4.74 Å². The van der Waals surface area contributed by atoms with Crippen LogP contribution in [0.4, 0.5) is 0 Å². The van der Waals surface area contributed by atoms with Crippen molar-refractivity contribution in [2.24, 2.45) is 0 Å². The van der Waals surface area contributed by atoms with Crippen molar-refractivity contribution in [1.29, 1.82) is 0 Å². The van der Waals surface area contributed by atoms with Gasteiger partial charge in [0.05, 0.1) is 10.7 Å². The summed E-state index contributed by atoms with van der Waals surface area (Å²) < 4.78 is 7.42. The largest absolute Gasteiger partial charge is 0.487 e. The van der Waals surface area contributed by atoms with Crippen LogP contribution in [0.3, 0.4) is 0 Å². The Morgan fingerprint density at radius 2 is 2.08 bits per heavy atom. The summed E-state index contributed by atoms with van der Waals surface area (Å²) in [4.78, 5) is 16.9. The summed E-state index contributed by atoms with van der Waals surface area (Å²) in [6.45, 7) is 4.45. The van der Waals surface area contributed by atoms with Crippen LogP contribution in [0.2, 0.25) is 0 Å². The Morgan fingerprint density at radius 3 is 2.85 bits per heavy atom. The van der Waals surface area contributed by atoms with E-state index in [1.54, 1.807) is 28.2 Å². The molecule has 0 radical (unpaired) electrons. The van der Waals surface area contributed by atoms with Crippen LogP contribution in [-0.2, 0) is 13.0 Å². The number of benzene rings is 1. The summed E-state index contributed by atoms with van der Waals surface area (Å²) in [7, 11) is 0. The van der Waals surface area contributed by atoms with Crippen LogP contribution in [0.15, 0.2) is 46.7 Å². The molecule has 3 aromatic rings. The van der Waals surface area contributed by atoms with E-state index in [9.17, 15) is 4.79 Å². The van der Waals surface area contributed by atoms with Gasteiger partial charge in [-0.25, -0.2) is 4.98 Å². The minimum absolute atomic E-state index is 0.0706. The first kappa shape index (κ1) is 16.8.